The molecule has 1 N–H and O–H groups in total. The van der Waals surface area contributed by atoms with Gasteiger partial charge in [0.1, 0.15) is 6.61 Å². The second-order valence-corrected chi connectivity index (χ2v) is 3.56. The quantitative estimate of drug-likeness (QED) is 0.677. The molecule has 0 bridgehead atoms. The van der Waals surface area contributed by atoms with Gasteiger partial charge < -0.3 is 9.57 Å². The Bertz CT molecular complexity index is 216. The molecule has 0 aliphatic carbocycles. The van der Waals surface area contributed by atoms with Crippen molar-refractivity contribution in [3.8, 4) is 0 Å². The van der Waals surface area contributed by atoms with Gasteiger partial charge in [0.25, 0.3) is 0 Å². The van der Waals surface area contributed by atoms with Crippen LogP contribution in [0.15, 0.2) is 17.5 Å². The first-order chi connectivity index (χ1) is 5.47. The predicted octanol–water partition coefficient (Wildman–Crippen LogP) is 1.21. The molecule has 0 saturated heterocycles. The van der Waals surface area contributed by atoms with Crippen molar-refractivity contribution in [3.63, 3.8) is 0 Å². The van der Waals surface area contributed by atoms with Crippen LogP contribution in [0.2, 0.25) is 0 Å². The molecular formula is C8H14N2O2. The average Bonchev–Trinajstić information content (AvgIpc) is 2.30. The third-order valence-electron chi connectivity index (χ3n) is 1.19. The molecule has 0 unspecified atom stereocenters. The van der Waals surface area contributed by atoms with Gasteiger partial charge in [0.2, 0.25) is 5.88 Å². The summed E-state index contributed by atoms with van der Waals surface area (Å²) in [5, 5.41) is 0. The van der Waals surface area contributed by atoms with Crippen molar-refractivity contribution >= 4 is 5.84 Å². The van der Waals surface area contributed by atoms with E-state index in [0.717, 1.165) is 0 Å². The highest BCUT2D eigenvalue weighted by Crippen LogP contribution is 2.08. The van der Waals surface area contributed by atoms with E-state index >= 15 is 0 Å². The summed E-state index contributed by atoms with van der Waals surface area (Å²) in [6, 6.07) is 0. The van der Waals surface area contributed by atoms with Gasteiger partial charge in [-0.25, -0.2) is 5.48 Å². The van der Waals surface area contributed by atoms with Crippen LogP contribution in [0.5, 0.6) is 0 Å². The van der Waals surface area contributed by atoms with E-state index in [0.29, 0.717) is 18.3 Å². The summed E-state index contributed by atoms with van der Waals surface area (Å²) in [6.07, 6.45) is 0. The fraction of sp³-hybridized carbons (Fsp3) is 0.625. The third-order valence-corrected chi connectivity index (χ3v) is 1.19. The Labute approximate surface area is 72.2 Å². The summed E-state index contributed by atoms with van der Waals surface area (Å²) in [5.74, 6) is 1.04. The minimum absolute atomic E-state index is 0.159. The largest absolute Gasteiger partial charge is 0.368 e. The van der Waals surface area contributed by atoms with Crippen molar-refractivity contribution in [2.75, 3.05) is 6.61 Å². The average molecular weight is 170 g/mol. The van der Waals surface area contributed by atoms with Crippen molar-refractivity contribution < 1.29 is 9.57 Å². The third kappa shape index (κ3) is 2.92. The van der Waals surface area contributed by atoms with E-state index in [2.05, 4.69) is 17.1 Å². The van der Waals surface area contributed by atoms with Crippen molar-refractivity contribution in [1.29, 1.82) is 0 Å². The fourth-order valence-corrected chi connectivity index (χ4v) is 0.661. The van der Waals surface area contributed by atoms with Gasteiger partial charge in [-0.1, -0.05) is 0 Å². The van der Waals surface area contributed by atoms with Crippen molar-refractivity contribution in [3.05, 3.63) is 12.5 Å². The second kappa shape index (κ2) is 3.15. The molecule has 0 fully saturated rings. The predicted molar refractivity (Wildman–Crippen MR) is 46.5 cm³/mol. The normalized spacial score (nSPS) is 16.9. The molecule has 4 heteroatoms. The van der Waals surface area contributed by atoms with Gasteiger partial charge in [-0.3, -0.25) is 0 Å². The molecule has 1 rings (SSSR count). The molecule has 0 aromatic rings. The number of nitrogens with zero attached hydrogens (tertiary/aromatic N) is 1. The minimum atomic E-state index is -0.159. The number of amidine groups is 1. The topological polar surface area (TPSA) is 42.8 Å². The summed E-state index contributed by atoms with van der Waals surface area (Å²) in [6.45, 7) is 9.89. The first-order valence-electron chi connectivity index (χ1n) is 3.81. The van der Waals surface area contributed by atoms with Crippen molar-refractivity contribution in [1.82, 2.24) is 5.48 Å². The Balaban J connectivity index is 2.34. The molecule has 0 atom stereocenters. The van der Waals surface area contributed by atoms with Gasteiger partial charge in [-0.2, -0.15) is 4.99 Å². The number of rotatable bonds is 2. The lowest BCUT2D eigenvalue weighted by molar-refractivity contribution is 0.0182. The van der Waals surface area contributed by atoms with E-state index in [1.807, 2.05) is 20.8 Å². The molecule has 1 aliphatic heterocycles. The first kappa shape index (κ1) is 9.06. The molecule has 0 saturated carbocycles. The SMILES string of the molecule is C=C1N=C(COC(C)(C)C)NO1. The highest BCUT2D eigenvalue weighted by molar-refractivity contribution is 5.84. The number of hydroxylamine groups is 1. The van der Waals surface area contributed by atoms with E-state index in [-0.39, 0.29) is 5.60 Å². The van der Waals surface area contributed by atoms with Crippen LogP contribution in [0.1, 0.15) is 20.8 Å². The van der Waals surface area contributed by atoms with E-state index in [1.54, 1.807) is 0 Å². The molecule has 12 heavy (non-hydrogen) atoms. The van der Waals surface area contributed by atoms with Crippen LogP contribution in [0.4, 0.5) is 0 Å². The standard InChI is InChI=1S/C8H14N2O2/c1-6-9-7(10-12-6)5-11-8(2,3)4/h1,5H2,2-4H3,(H,9,10). The molecule has 0 radical (unpaired) electrons. The van der Waals surface area contributed by atoms with E-state index in [9.17, 15) is 0 Å². The minimum Gasteiger partial charge on any atom is -0.368 e. The van der Waals surface area contributed by atoms with Crippen LogP contribution >= 0.6 is 0 Å². The summed E-state index contributed by atoms with van der Waals surface area (Å²) in [7, 11) is 0. The van der Waals surface area contributed by atoms with Crippen molar-refractivity contribution in [2.24, 2.45) is 4.99 Å². The Morgan fingerprint density at radius 2 is 2.25 bits per heavy atom. The van der Waals surface area contributed by atoms with Crippen LogP contribution in [-0.2, 0) is 9.57 Å². The lowest BCUT2D eigenvalue weighted by atomic mass is 10.2. The molecule has 68 valence electrons. The van der Waals surface area contributed by atoms with Gasteiger partial charge >= 0.3 is 0 Å². The lowest BCUT2D eigenvalue weighted by Crippen LogP contribution is -2.28. The molecule has 0 aromatic heterocycles. The van der Waals surface area contributed by atoms with Crippen molar-refractivity contribution in [2.45, 2.75) is 26.4 Å². The summed E-state index contributed by atoms with van der Waals surface area (Å²) in [4.78, 5) is 8.76. The zero-order chi connectivity index (χ0) is 9.19. The second-order valence-electron chi connectivity index (χ2n) is 3.56. The zero-order valence-electron chi connectivity index (χ0n) is 7.68. The molecular weight excluding hydrogens is 156 g/mol. The Morgan fingerprint density at radius 3 is 2.67 bits per heavy atom. The van der Waals surface area contributed by atoms with Gasteiger partial charge in [0, 0.05) is 0 Å². The number of hydrogen-bond donors (Lipinski definition) is 1. The molecule has 1 aliphatic rings. The highest BCUT2D eigenvalue weighted by atomic mass is 16.7. The Hall–Kier alpha value is -1.03. The zero-order valence-corrected chi connectivity index (χ0v) is 7.68. The molecule has 0 aromatic carbocycles. The number of hydrogen-bond acceptors (Lipinski definition) is 4. The molecule has 1 heterocycles. The van der Waals surface area contributed by atoms with Crippen LogP contribution < -0.4 is 5.48 Å². The molecule has 0 spiro atoms. The van der Waals surface area contributed by atoms with Crippen LogP contribution in [0, 0.1) is 0 Å². The highest BCUT2D eigenvalue weighted by Gasteiger charge is 2.15. The van der Waals surface area contributed by atoms with Gasteiger partial charge in [0.15, 0.2) is 5.84 Å². The van der Waals surface area contributed by atoms with Gasteiger partial charge in [0.05, 0.1) is 5.60 Å². The van der Waals surface area contributed by atoms with Gasteiger partial charge in [-0.05, 0) is 27.4 Å². The van der Waals surface area contributed by atoms with E-state index in [4.69, 9.17) is 9.57 Å². The summed E-state index contributed by atoms with van der Waals surface area (Å²) < 4.78 is 5.45. The summed E-state index contributed by atoms with van der Waals surface area (Å²) >= 11 is 0. The maximum atomic E-state index is 5.45. The monoisotopic (exact) mass is 170 g/mol. The maximum absolute atomic E-state index is 5.45. The number of nitrogens with one attached hydrogen (secondary N) is 1. The van der Waals surface area contributed by atoms with Gasteiger partial charge in [-0.15, -0.1) is 0 Å². The number of aliphatic imine (C=N–C) groups is 1. The Morgan fingerprint density at radius 1 is 1.58 bits per heavy atom. The van der Waals surface area contributed by atoms with E-state index in [1.165, 1.54) is 0 Å². The smallest absolute Gasteiger partial charge is 0.240 e. The molecule has 0 amide bonds. The first-order valence-corrected chi connectivity index (χ1v) is 3.81. The fourth-order valence-electron chi connectivity index (χ4n) is 0.661. The van der Waals surface area contributed by atoms with Crippen LogP contribution in [-0.4, -0.2) is 18.0 Å². The molecule has 4 nitrogen and oxygen atoms in total. The van der Waals surface area contributed by atoms with Crippen LogP contribution in [0.3, 0.4) is 0 Å². The maximum Gasteiger partial charge on any atom is 0.240 e. The van der Waals surface area contributed by atoms with Crippen LogP contribution in [0.25, 0.3) is 0 Å². The number of ether oxygens (including phenoxy) is 1. The summed E-state index contributed by atoms with van der Waals surface area (Å²) in [5.41, 5.74) is 2.45. The van der Waals surface area contributed by atoms with E-state index < -0.39 is 0 Å². The lowest BCUT2D eigenvalue weighted by Gasteiger charge is -2.18. The Kier molecular flexibility index (Phi) is 2.38.